The van der Waals surface area contributed by atoms with Gasteiger partial charge in [-0.15, -0.1) is 0 Å². The maximum Gasteiger partial charge on any atom is 0.325 e. The van der Waals surface area contributed by atoms with Crippen LogP contribution in [0, 0.1) is 0 Å². The molecule has 0 atom stereocenters. The minimum absolute atomic E-state index is 0.129. The molecule has 1 saturated heterocycles. The summed E-state index contributed by atoms with van der Waals surface area (Å²) in [5, 5.41) is 5.82. The van der Waals surface area contributed by atoms with Gasteiger partial charge in [-0.25, -0.2) is 4.79 Å². The molecular weight excluding hydrogens is 194 g/mol. The molecule has 0 aromatic carbocycles. The van der Waals surface area contributed by atoms with Gasteiger partial charge in [0, 0.05) is 44.7 Å². The first kappa shape index (κ1) is 11.6. The number of hydrogen-bond donors (Lipinski definition) is 2. The third-order valence-corrected chi connectivity index (χ3v) is 2.09. The highest BCUT2D eigenvalue weighted by molar-refractivity contribution is 5.78. The second kappa shape index (κ2) is 6.08. The SMILES string of the molecule is C=CN1C(=O)NCC/C1=C/NCCOC. The van der Waals surface area contributed by atoms with Crippen molar-refractivity contribution in [1.29, 1.82) is 0 Å². The normalized spacial score (nSPS) is 18.9. The summed E-state index contributed by atoms with van der Waals surface area (Å²) in [6.07, 6.45) is 4.15. The number of ether oxygens (including phenoxy) is 1. The highest BCUT2D eigenvalue weighted by Gasteiger charge is 2.19. The number of nitrogens with one attached hydrogen (secondary N) is 2. The summed E-state index contributed by atoms with van der Waals surface area (Å²) in [5.74, 6) is 0. The fraction of sp³-hybridized carbons (Fsp3) is 0.500. The molecule has 0 radical (unpaired) electrons. The van der Waals surface area contributed by atoms with Gasteiger partial charge in [-0.1, -0.05) is 6.58 Å². The van der Waals surface area contributed by atoms with Crippen LogP contribution in [0.1, 0.15) is 6.42 Å². The van der Waals surface area contributed by atoms with Crippen LogP contribution in [-0.2, 0) is 4.74 Å². The van der Waals surface area contributed by atoms with E-state index in [1.165, 1.54) is 11.1 Å². The van der Waals surface area contributed by atoms with Crippen molar-refractivity contribution in [3.63, 3.8) is 0 Å². The largest absolute Gasteiger partial charge is 0.387 e. The predicted octanol–water partition coefficient (Wildman–Crippen LogP) is 0.623. The summed E-state index contributed by atoms with van der Waals surface area (Å²) < 4.78 is 4.90. The van der Waals surface area contributed by atoms with Crippen molar-refractivity contribution in [2.24, 2.45) is 0 Å². The van der Waals surface area contributed by atoms with Gasteiger partial charge in [0.2, 0.25) is 0 Å². The zero-order chi connectivity index (χ0) is 11.1. The van der Waals surface area contributed by atoms with E-state index in [2.05, 4.69) is 17.2 Å². The Kier molecular flexibility index (Phi) is 4.70. The van der Waals surface area contributed by atoms with Crippen LogP contribution in [0.2, 0.25) is 0 Å². The molecule has 1 aliphatic heterocycles. The lowest BCUT2D eigenvalue weighted by molar-refractivity contribution is 0.202. The van der Waals surface area contributed by atoms with Gasteiger partial charge in [-0.05, 0) is 0 Å². The Morgan fingerprint density at radius 2 is 2.53 bits per heavy atom. The second-order valence-electron chi connectivity index (χ2n) is 3.12. The van der Waals surface area contributed by atoms with Crippen LogP contribution in [-0.4, -0.2) is 37.7 Å². The van der Waals surface area contributed by atoms with Crippen molar-refractivity contribution in [2.45, 2.75) is 6.42 Å². The molecule has 1 aliphatic rings. The standard InChI is InChI=1S/C10H17N3O2/c1-3-13-9(4-5-12-10(13)14)8-11-6-7-15-2/h3,8,11H,1,4-7H2,2H3,(H,12,14)/b9-8-. The van der Waals surface area contributed by atoms with Crippen molar-refractivity contribution < 1.29 is 9.53 Å². The third kappa shape index (κ3) is 3.28. The second-order valence-corrected chi connectivity index (χ2v) is 3.12. The van der Waals surface area contributed by atoms with Crippen molar-refractivity contribution in [1.82, 2.24) is 15.5 Å². The summed E-state index contributed by atoms with van der Waals surface area (Å²) in [7, 11) is 1.65. The molecule has 0 aromatic heterocycles. The quantitative estimate of drug-likeness (QED) is 0.656. The molecule has 2 amide bonds. The van der Waals surface area contributed by atoms with Gasteiger partial charge in [0.1, 0.15) is 0 Å². The first-order valence-electron chi connectivity index (χ1n) is 4.90. The first-order valence-corrected chi connectivity index (χ1v) is 4.90. The zero-order valence-corrected chi connectivity index (χ0v) is 8.95. The van der Waals surface area contributed by atoms with Gasteiger partial charge in [0.25, 0.3) is 0 Å². The Balaban J connectivity index is 2.49. The molecule has 0 spiro atoms. The molecular formula is C10H17N3O2. The molecule has 5 nitrogen and oxygen atoms in total. The van der Waals surface area contributed by atoms with E-state index in [0.29, 0.717) is 13.2 Å². The van der Waals surface area contributed by atoms with E-state index in [4.69, 9.17) is 4.74 Å². The summed E-state index contributed by atoms with van der Waals surface area (Å²) >= 11 is 0. The average molecular weight is 211 g/mol. The van der Waals surface area contributed by atoms with Crippen LogP contribution in [0.25, 0.3) is 0 Å². The van der Waals surface area contributed by atoms with Crippen molar-refractivity contribution >= 4 is 6.03 Å². The maximum atomic E-state index is 11.4. The summed E-state index contributed by atoms with van der Waals surface area (Å²) in [6.45, 7) is 5.64. The molecule has 1 rings (SSSR count). The number of nitrogens with zero attached hydrogens (tertiary/aromatic N) is 1. The third-order valence-electron chi connectivity index (χ3n) is 2.09. The fourth-order valence-electron chi connectivity index (χ4n) is 1.33. The van der Waals surface area contributed by atoms with E-state index in [0.717, 1.165) is 18.7 Å². The molecule has 0 bridgehead atoms. The van der Waals surface area contributed by atoms with Crippen LogP contribution in [0.4, 0.5) is 4.79 Å². The number of rotatable bonds is 5. The average Bonchev–Trinajstić information content (AvgIpc) is 2.24. The highest BCUT2D eigenvalue weighted by atomic mass is 16.5. The minimum atomic E-state index is -0.129. The summed E-state index contributed by atoms with van der Waals surface area (Å²) in [4.78, 5) is 12.9. The summed E-state index contributed by atoms with van der Waals surface area (Å²) in [5.41, 5.74) is 0.921. The Morgan fingerprint density at radius 3 is 3.20 bits per heavy atom. The van der Waals surface area contributed by atoms with E-state index in [1.807, 2.05) is 6.20 Å². The lowest BCUT2D eigenvalue weighted by atomic mass is 10.2. The van der Waals surface area contributed by atoms with Gasteiger partial charge in [0.05, 0.1) is 6.61 Å². The van der Waals surface area contributed by atoms with E-state index in [-0.39, 0.29) is 6.03 Å². The molecule has 15 heavy (non-hydrogen) atoms. The monoisotopic (exact) mass is 211 g/mol. The molecule has 5 heteroatoms. The lowest BCUT2D eigenvalue weighted by Gasteiger charge is -2.26. The number of hydrogen-bond acceptors (Lipinski definition) is 3. The van der Waals surface area contributed by atoms with Gasteiger partial charge in [-0.2, -0.15) is 0 Å². The lowest BCUT2D eigenvalue weighted by Crippen LogP contribution is -2.42. The molecule has 1 fully saturated rings. The Hall–Kier alpha value is -1.49. The van der Waals surface area contributed by atoms with E-state index < -0.39 is 0 Å². The number of amides is 2. The van der Waals surface area contributed by atoms with Crippen LogP contribution >= 0.6 is 0 Å². The fourth-order valence-corrected chi connectivity index (χ4v) is 1.33. The van der Waals surface area contributed by atoms with Crippen molar-refractivity contribution in [3.05, 3.63) is 24.7 Å². The van der Waals surface area contributed by atoms with Gasteiger partial charge >= 0.3 is 6.03 Å². The van der Waals surface area contributed by atoms with Gasteiger partial charge < -0.3 is 15.4 Å². The molecule has 0 unspecified atom stereocenters. The Morgan fingerprint density at radius 1 is 1.73 bits per heavy atom. The van der Waals surface area contributed by atoms with Crippen LogP contribution < -0.4 is 10.6 Å². The topological polar surface area (TPSA) is 53.6 Å². The van der Waals surface area contributed by atoms with E-state index in [9.17, 15) is 4.79 Å². The Labute approximate surface area is 89.8 Å². The molecule has 0 aromatic rings. The van der Waals surface area contributed by atoms with Crippen LogP contribution in [0.15, 0.2) is 24.7 Å². The van der Waals surface area contributed by atoms with Crippen molar-refractivity contribution in [3.8, 4) is 0 Å². The Bertz CT molecular complexity index is 263. The molecule has 0 saturated carbocycles. The summed E-state index contributed by atoms with van der Waals surface area (Å²) in [6, 6.07) is -0.129. The highest BCUT2D eigenvalue weighted by Crippen LogP contribution is 2.12. The van der Waals surface area contributed by atoms with E-state index >= 15 is 0 Å². The zero-order valence-electron chi connectivity index (χ0n) is 8.95. The molecule has 0 aliphatic carbocycles. The number of carbonyl (C=O) groups is 1. The molecule has 1 heterocycles. The van der Waals surface area contributed by atoms with Gasteiger partial charge in [-0.3, -0.25) is 4.90 Å². The number of methoxy groups -OCH3 is 1. The smallest absolute Gasteiger partial charge is 0.325 e. The van der Waals surface area contributed by atoms with E-state index in [1.54, 1.807) is 7.11 Å². The van der Waals surface area contributed by atoms with Crippen LogP contribution in [0.3, 0.4) is 0 Å². The van der Waals surface area contributed by atoms with Gasteiger partial charge in [0.15, 0.2) is 0 Å². The first-order chi connectivity index (χ1) is 7.29. The minimum Gasteiger partial charge on any atom is -0.387 e. The number of carbonyl (C=O) groups excluding carboxylic acids is 1. The predicted molar refractivity (Wildman–Crippen MR) is 58.0 cm³/mol. The number of urea groups is 1. The molecule has 2 N–H and O–H groups in total. The van der Waals surface area contributed by atoms with Crippen molar-refractivity contribution in [2.75, 3.05) is 26.8 Å². The molecule has 84 valence electrons. The van der Waals surface area contributed by atoms with Crippen LogP contribution in [0.5, 0.6) is 0 Å². The maximum absolute atomic E-state index is 11.4.